The van der Waals surface area contributed by atoms with Crippen LogP contribution in [-0.2, 0) is 37.5 Å². The largest absolute Gasteiger partial charge is 0.480 e. The first-order chi connectivity index (χ1) is 28.5. The Balaban J connectivity index is 4.60. The van der Waals surface area contributed by atoms with Crippen molar-refractivity contribution in [3.8, 4) is 0 Å². The molecule has 0 amide bonds. The number of hydrogen-bond acceptors (Lipinski definition) is 10. The highest BCUT2D eigenvalue weighted by molar-refractivity contribution is 7.47. The van der Waals surface area contributed by atoms with Crippen LogP contribution in [0.2, 0.25) is 0 Å². The van der Waals surface area contributed by atoms with Gasteiger partial charge in [-0.25, -0.2) is 4.57 Å². The van der Waals surface area contributed by atoms with Crippen LogP contribution >= 0.6 is 7.82 Å². The second-order valence-electron chi connectivity index (χ2n) is 13.7. The number of carboxylic acids is 1. The first-order valence-corrected chi connectivity index (χ1v) is 22.4. The highest BCUT2D eigenvalue weighted by Gasteiger charge is 2.28. The first kappa shape index (κ1) is 55.1. The molecule has 0 aromatic rings. The van der Waals surface area contributed by atoms with Gasteiger partial charge in [0.25, 0.3) is 0 Å². The maximum absolute atomic E-state index is 12.6. The Hall–Kier alpha value is -3.90. The van der Waals surface area contributed by atoms with E-state index in [1.165, 1.54) is 0 Å². The average molecular weight is 846 g/mol. The third-order valence-electron chi connectivity index (χ3n) is 8.02. The summed E-state index contributed by atoms with van der Waals surface area (Å²) in [6, 6.07) is -1.55. The summed E-state index contributed by atoms with van der Waals surface area (Å²) < 4.78 is 32.5. The summed E-state index contributed by atoms with van der Waals surface area (Å²) >= 11 is 0. The van der Waals surface area contributed by atoms with E-state index in [9.17, 15) is 28.9 Å². The molecular formula is C46H72NO11P. The van der Waals surface area contributed by atoms with E-state index in [1.807, 2.05) is 31.2 Å². The van der Waals surface area contributed by atoms with Gasteiger partial charge in [0.2, 0.25) is 0 Å². The van der Waals surface area contributed by atoms with Gasteiger partial charge in [0.05, 0.1) is 19.3 Å². The second kappa shape index (κ2) is 39.6. The summed E-state index contributed by atoms with van der Waals surface area (Å²) in [4.78, 5) is 45.9. The lowest BCUT2D eigenvalue weighted by Gasteiger charge is -2.20. The molecule has 0 radical (unpaired) electrons. The van der Waals surface area contributed by atoms with Crippen LogP contribution in [0.15, 0.2) is 109 Å². The summed E-state index contributed by atoms with van der Waals surface area (Å²) in [7, 11) is -4.76. The Bertz CT molecular complexity index is 1430. The van der Waals surface area contributed by atoms with E-state index in [0.29, 0.717) is 25.7 Å². The molecule has 0 aliphatic heterocycles. The minimum Gasteiger partial charge on any atom is -0.480 e. The highest BCUT2D eigenvalue weighted by Crippen LogP contribution is 2.43. The van der Waals surface area contributed by atoms with Gasteiger partial charge in [-0.15, -0.1) is 0 Å². The number of aliphatic carboxylic acids is 1. The SMILES string of the molecule is CC/C=C\C/C=C\C/C=C\C/C=C\C/C=C\CCCC(=O)O[C@H](COC(=O)CCC/C=C\C/C=C\C/C=C\C/C=C\CCC[C@@H](C)O)COP(=O)(O)OC[C@H](N)C(=O)O. The standard InChI is InChI=1S/C46H72NO11P/c1-3-4-5-6-7-8-9-10-11-12-15-19-22-25-28-31-34-37-45(50)58-42(39-56-59(53,54)57-40-43(47)46(51)52)38-55-44(49)36-33-30-27-24-21-18-16-13-14-17-20-23-26-29-32-35-41(2)48/h4-5,7-8,10-11,14-19,23-28,41-43,48H,3,6,9,12-13,20-22,29-40,47H2,1-2H3,(H,51,52)(H,53,54)/b5-4-,8-7-,11-10-,17-14-,18-16-,19-15-,26-23-,27-24-,28-25-/t41-,42-,43+/m1/s1. The van der Waals surface area contributed by atoms with E-state index in [0.717, 1.165) is 70.6 Å². The number of carbonyl (C=O) groups is 3. The molecule has 0 bridgehead atoms. The smallest absolute Gasteiger partial charge is 0.472 e. The molecule has 5 N–H and O–H groups in total. The van der Waals surface area contributed by atoms with Gasteiger partial charge in [-0.1, -0.05) is 116 Å². The Morgan fingerprint density at radius 2 is 0.983 bits per heavy atom. The number of aliphatic hydroxyl groups is 1. The molecular weight excluding hydrogens is 773 g/mol. The van der Waals surface area contributed by atoms with Crippen LogP contribution in [0.3, 0.4) is 0 Å². The molecule has 0 aromatic heterocycles. The van der Waals surface area contributed by atoms with E-state index in [1.54, 1.807) is 0 Å². The van der Waals surface area contributed by atoms with Gasteiger partial charge in [-0.3, -0.25) is 23.4 Å². The van der Waals surface area contributed by atoms with Crippen LogP contribution in [0.25, 0.3) is 0 Å². The van der Waals surface area contributed by atoms with Gasteiger partial charge < -0.3 is 30.3 Å². The van der Waals surface area contributed by atoms with Gasteiger partial charge >= 0.3 is 25.7 Å². The van der Waals surface area contributed by atoms with Crippen LogP contribution in [0.1, 0.15) is 123 Å². The molecule has 0 heterocycles. The molecule has 0 aromatic carbocycles. The van der Waals surface area contributed by atoms with E-state index < -0.39 is 57.7 Å². The zero-order valence-corrected chi connectivity index (χ0v) is 36.3. The Labute approximate surface area is 353 Å². The zero-order valence-electron chi connectivity index (χ0n) is 35.4. The highest BCUT2D eigenvalue weighted by atomic mass is 31.2. The Morgan fingerprint density at radius 3 is 1.41 bits per heavy atom. The molecule has 0 aliphatic rings. The number of carboxylic acid groups (broad SMARTS) is 1. The van der Waals surface area contributed by atoms with Gasteiger partial charge in [0.1, 0.15) is 12.6 Å². The van der Waals surface area contributed by atoms with E-state index in [4.69, 9.17) is 24.8 Å². The van der Waals surface area contributed by atoms with Crippen molar-refractivity contribution in [2.45, 2.75) is 141 Å². The summed E-state index contributed by atoms with van der Waals surface area (Å²) in [6.07, 6.45) is 48.7. The molecule has 59 heavy (non-hydrogen) atoms. The maximum Gasteiger partial charge on any atom is 0.472 e. The maximum atomic E-state index is 12.6. The number of esters is 2. The van der Waals surface area contributed by atoms with Crippen molar-refractivity contribution in [3.63, 3.8) is 0 Å². The molecule has 0 spiro atoms. The minimum atomic E-state index is -4.76. The number of hydrogen-bond donors (Lipinski definition) is 4. The summed E-state index contributed by atoms with van der Waals surface area (Å²) in [5, 5.41) is 18.1. The Morgan fingerprint density at radius 1 is 0.593 bits per heavy atom. The minimum absolute atomic E-state index is 0.0577. The van der Waals surface area contributed by atoms with Gasteiger partial charge in [0.15, 0.2) is 6.10 Å². The number of carbonyl (C=O) groups excluding carboxylic acids is 2. The van der Waals surface area contributed by atoms with Crippen molar-refractivity contribution in [3.05, 3.63) is 109 Å². The van der Waals surface area contributed by atoms with E-state index in [-0.39, 0.29) is 18.9 Å². The number of phosphoric ester groups is 1. The molecule has 0 fully saturated rings. The fourth-order valence-electron chi connectivity index (χ4n) is 4.76. The quantitative estimate of drug-likeness (QED) is 0.0201. The van der Waals surface area contributed by atoms with Crippen molar-refractivity contribution in [1.82, 2.24) is 0 Å². The summed E-state index contributed by atoms with van der Waals surface area (Å²) in [5.74, 6) is -2.57. The number of unbranched alkanes of at least 4 members (excludes halogenated alkanes) is 3. The third kappa shape index (κ3) is 40.7. The third-order valence-corrected chi connectivity index (χ3v) is 8.97. The van der Waals surface area contributed by atoms with Crippen LogP contribution < -0.4 is 5.73 Å². The van der Waals surface area contributed by atoms with Crippen molar-refractivity contribution < 1.29 is 52.6 Å². The molecule has 4 atom stereocenters. The van der Waals surface area contributed by atoms with Crippen LogP contribution in [0, 0.1) is 0 Å². The number of allylic oxidation sites excluding steroid dienone is 18. The normalized spacial score (nSPS) is 15.3. The molecule has 1 unspecified atom stereocenters. The monoisotopic (exact) mass is 845 g/mol. The molecule has 0 saturated carbocycles. The fraction of sp³-hybridized carbons (Fsp3) is 0.543. The topological polar surface area (TPSA) is 192 Å². The molecule has 0 aliphatic carbocycles. The zero-order chi connectivity index (χ0) is 43.7. The number of phosphoric acid groups is 1. The van der Waals surface area contributed by atoms with E-state index in [2.05, 4.69) is 96.5 Å². The predicted molar refractivity (Wildman–Crippen MR) is 236 cm³/mol. The predicted octanol–water partition coefficient (Wildman–Crippen LogP) is 10.0. The van der Waals surface area contributed by atoms with Gasteiger partial charge in [-0.2, -0.15) is 0 Å². The van der Waals surface area contributed by atoms with Crippen molar-refractivity contribution in [2.75, 3.05) is 19.8 Å². The van der Waals surface area contributed by atoms with Crippen molar-refractivity contribution in [1.29, 1.82) is 0 Å². The second-order valence-corrected chi connectivity index (χ2v) is 15.1. The number of nitrogens with two attached hydrogens (primary N) is 1. The lowest BCUT2D eigenvalue weighted by molar-refractivity contribution is -0.161. The number of aliphatic hydroxyl groups excluding tert-OH is 1. The van der Waals surface area contributed by atoms with E-state index >= 15 is 0 Å². The number of ether oxygens (including phenoxy) is 2. The van der Waals surface area contributed by atoms with Crippen LogP contribution in [-0.4, -0.2) is 71.1 Å². The van der Waals surface area contributed by atoms with Crippen molar-refractivity contribution >= 4 is 25.7 Å². The first-order valence-electron chi connectivity index (χ1n) is 20.9. The summed E-state index contributed by atoms with van der Waals surface area (Å²) in [6.45, 7) is 2.09. The lowest BCUT2D eigenvalue weighted by Crippen LogP contribution is -2.34. The van der Waals surface area contributed by atoms with Crippen LogP contribution in [0.5, 0.6) is 0 Å². The Kier molecular flexibility index (Phi) is 36.9. The lowest BCUT2D eigenvalue weighted by atomic mass is 10.1. The molecule has 13 heteroatoms. The molecule has 0 saturated heterocycles. The summed E-state index contributed by atoms with van der Waals surface area (Å²) in [5.41, 5.74) is 5.32. The average Bonchev–Trinajstić information content (AvgIpc) is 3.20. The van der Waals surface area contributed by atoms with Gasteiger partial charge in [0, 0.05) is 12.8 Å². The van der Waals surface area contributed by atoms with Gasteiger partial charge in [-0.05, 0) is 103 Å². The fourth-order valence-corrected chi connectivity index (χ4v) is 5.53. The molecule has 332 valence electrons. The number of rotatable bonds is 37. The molecule has 0 rings (SSSR count). The van der Waals surface area contributed by atoms with Crippen LogP contribution in [0.4, 0.5) is 0 Å². The van der Waals surface area contributed by atoms with Crippen molar-refractivity contribution in [2.24, 2.45) is 5.73 Å². The molecule has 12 nitrogen and oxygen atoms in total.